The van der Waals surface area contributed by atoms with Gasteiger partial charge in [-0.05, 0) is 40.9 Å². The van der Waals surface area contributed by atoms with Crippen molar-refractivity contribution in [2.45, 2.75) is 17.7 Å². The average Bonchev–Trinajstić information content (AvgIpc) is 2.24. The quantitative estimate of drug-likeness (QED) is 0.570. The molecule has 1 unspecified atom stereocenters. The van der Waals surface area contributed by atoms with Gasteiger partial charge in [0.2, 0.25) is 0 Å². The molecule has 16 heavy (non-hydrogen) atoms. The molecule has 0 fully saturated rings. The smallest absolute Gasteiger partial charge is 0.143 e. The summed E-state index contributed by atoms with van der Waals surface area (Å²) in [5.41, 5.74) is 0.120. The second-order valence-corrected chi connectivity index (χ2v) is 5.56. The highest BCUT2D eigenvalue weighted by molar-refractivity contribution is 9.10. The Bertz CT molecular complexity index is 358. The molecule has 0 aliphatic rings. The Balaban J connectivity index is 2.70. The summed E-state index contributed by atoms with van der Waals surface area (Å²) in [5, 5.41) is 0. The van der Waals surface area contributed by atoms with Crippen molar-refractivity contribution in [1.29, 1.82) is 0 Å². The Kier molecular flexibility index (Phi) is 5.86. The molecule has 0 amide bonds. The summed E-state index contributed by atoms with van der Waals surface area (Å²) in [6.45, 7) is 0.525. The fourth-order valence-corrected chi connectivity index (χ4v) is 2.23. The van der Waals surface area contributed by atoms with E-state index >= 15 is 0 Å². The number of halogens is 4. The van der Waals surface area contributed by atoms with Crippen LogP contribution in [0.25, 0.3) is 0 Å². The van der Waals surface area contributed by atoms with Crippen molar-refractivity contribution in [2.75, 3.05) is 13.7 Å². The fraction of sp³-hybridized carbons (Fsp3) is 0.455. The standard InChI is InChI=1S/C11H12Br2F2O/c1-16-6-7(12)2-3-8-10(14)5-4-9(13)11(8)15/h4-5,7H,2-3,6H2,1H3. The van der Waals surface area contributed by atoms with E-state index in [1.54, 1.807) is 7.11 Å². The molecule has 1 rings (SSSR count). The number of hydrogen-bond donors (Lipinski definition) is 0. The van der Waals surface area contributed by atoms with Gasteiger partial charge in [-0.2, -0.15) is 0 Å². The summed E-state index contributed by atoms with van der Waals surface area (Å²) in [6.07, 6.45) is 0.967. The first-order valence-electron chi connectivity index (χ1n) is 4.81. The lowest BCUT2D eigenvalue weighted by molar-refractivity contribution is 0.198. The van der Waals surface area contributed by atoms with E-state index in [4.69, 9.17) is 4.74 Å². The summed E-state index contributed by atoms with van der Waals surface area (Å²) in [6, 6.07) is 2.64. The van der Waals surface area contributed by atoms with Gasteiger partial charge < -0.3 is 4.74 Å². The van der Waals surface area contributed by atoms with E-state index in [2.05, 4.69) is 31.9 Å². The van der Waals surface area contributed by atoms with Gasteiger partial charge in [0.05, 0.1) is 11.1 Å². The van der Waals surface area contributed by atoms with Crippen LogP contribution >= 0.6 is 31.9 Å². The average molecular weight is 358 g/mol. The van der Waals surface area contributed by atoms with Crippen LogP contribution in [0.3, 0.4) is 0 Å². The van der Waals surface area contributed by atoms with E-state index in [1.807, 2.05) is 0 Å². The Labute approximate surface area is 110 Å². The minimum Gasteiger partial charge on any atom is -0.384 e. The van der Waals surface area contributed by atoms with Crippen LogP contribution in [0.2, 0.25) is 0 Å². The van der Waals surface area contributed by atoms with Crippen molar-refractivity contribution in [1.82, 2.24) is 0 Å². The maximum Gasteiger partial charge on any atom is 0.143 e. The van der Waals surface area contributed by atoms with Crippen LogP contribution < -0.4 is 0 Å². The summed E-state index contributed by atoms with van der Waals surface area (Å²) >= 11 is 6.42. The summed E-state index contributed by atoms with van der Waals surface area (Å²) < 4.78 is 32.2. The maximum absolute atomic E-state index is 13.6. The van der Waals surface area contributed by atoms with Crippen LogP contribution in [0.5, 0.6) is 0 Å². The Morgan fingerprint density at radius 3 is 2.69 bits per heavy atom. The van der Waals surface area contributed by atoms with Crippen LogP contribution in [-0.4, -0.2) is 18.5 Å². The molecular weight excluding hydrogens is 346 g/mol. The van der Waals surface area contributed by atoms with Gasteiger partial charge in [-0.1, -0.05) is 15.9 Å². The largest absolute Gasteiger partial charge is 0.384 e. The van der Waals surface area contributed by atoms with Crippen LogP contribution in [0.4, 0.5) is 8.78 Å². The zero-order chi connectivity index (χ0) is 12.1. The lowest BCUT2D eigenvalue weighted by Gasteiger charge is -2.10. The summed E-state index contributed by atoms with van der Waals surface area (Å²) in [4.78, 5) is 0.107. The molecule has 0 aromatic heterocycles. The van der Waals surface area contributed by atoms with Crippen molar-refractivity contribution < 1.29 is 13.5 Å². The number of methoxy groups -OCH3 is 1. The van der Waals surface area contributed by atoms with Crippen molar-refractivity contribution in [3.8, 4) is 0 Å². The Morgan fingerprint density at radius 1 is 1.38 bits per heavy atom. The van der Waals surface area contributed by atoms with E-state index in [0.717, 1.165) is 0 Å². The van der Waals surface area contributed by atoms with Gasteiger partial charge in [0.1, 0.15) is 11.6 Å². The van der Waals surface area contributed by atoms with Crippen molar-refractivity contribution in [3.05, 3.63) is 33.8 Å². The molecule has 1 atom stereocenters. The van der Waals surface area contributed by atoms with Gasteiger partial charge in [-0.25, -0.2) is 8.78 Å². The molecule has 0 saturated carbocycles. The molecule has 1 nitrogen and oxygen atoms in total. The molecule has 1 aromatic rings. The third kappa shape index (κ3) is 3.79. The van der Waals surface area contributed by atoms with E-state index in [0.29, 0.717) is 23.9 Å². The molecule has 0 N–H and O–H groups in total. The highest BCUT2D eigenvalue weighted by atomic mass is 79.9. The normalized spacial score (nSPS) is 12.8. The first-order chi connectivity index (χ1) is 7.56. The lowest BCUT2D eigenvalue weighted by atomic mass is 10.1. The predicted molar refractivity (Wildman–Crippen MR) is 67.0 cm³/mol. The topological polar surface area (TPSA) is 9.23 Å². The number of alkyl halides is 1. The Morgan fingerprint density at radius 2 is 2.06 bits per heavy atom. The van der Waals surface area contributed by atoms with E-state index in [-0.39, 0.29) is 10.4 Å². The van der Waals surface area contributed by atoms with Crippen LogP contribution in [0, 0.1) is 11.6 Å². The van der Waals surface area contributed by atoms with Crippen LogP contribution in [0.1, 0.15) is 12.0 Å². The zero-order valence-electron chi connectivity index (χ0n) is 8.77. The highest BCUT2D eigenvalue weighted by Gasteiger charge is 2.13. The van der Waals surface area contributed by atoms with Gasteiger partial charge in [-0.3, -0.25) is 0 Å². The predicted octanol–water partition coefficient (Wildman–Crippen LogP) is 4.07. The molecule has 0 heterocycles. The lowest BCUT2D eigenvalue weighted by Crippen LogP contribution is -2.09. The van der Waals surface area contributed by atoms with Crippen LogP contribution in [0.15, 0.2) is 16.6 Å². The summed E-state index contributed by atoms with van der Waals surface area (Å²) in [7, 11) is 1.59. The first-order valence-corrected chi connectivity index (χ1v) is 6.52. The van der Waals surface area contributed by atoms with E-state index in [1.165, 1.54) is 12.1 Å². The SMILES string of the molecule is COCC(Br)CCc1c(F)ccc(Br)c1F. The molecule has 90 valence electrons. The van der Waals surface area contributed by atoms with Crippen molar-refractivity contribution >= 4 is 31.9 Å². The molecule has 0 saturated heterocycles. The van der Waals surface area contributed by atoms with E-state index in [9.17, 15) is 8.78 Å². The molecule has 0 radical (unpaired) electrons. The molecule has 0 spiro atoms. The van der Waals surface area contributed by atoms with Gasteiger partial charge in [0.15, 0.2) is 0 Å². The molecular formula is C11H12Br2F2O. The highest BCUT2D eigenvalue weighted by Crippen LogP contribution is 2.23. The van der Waals surface area contributed by atoms with E-state index < -0.39 is 11.6 Å². The number of rotatable bonds is 5. The zero-order valence-corrected chi connectivity index (χ0v) is 11.9. The molecule has 5 heteroatoms. The minimum absolute atomic E-state index is 0.107. The van der Waals surface area contributed by atoms with Crippen molar-refractivity contribution in [2.24, 2.45) is 0 Å². The number of ether oxygens (including phenoxy) is 1. The number of benzene rings is 1. The molecule has 0 aliphatic heterocycles. The monoisotopic (exact) mass is 356 g/mol. The second kappa shape index (κ2) is 6.67. The molecule has 0 aliphatic carbocycles. The van der Waals surface area contributed by atoms with Gasteiger partial charge >= 0.3 is 0 Å². The maximum atomic E-state index is 13.6. The summed E-state index contributed by atoms with van der Waals surface area (Å²) in [5.74, 6) is -1.02. The fourth-order valence-electron chi connectivity index (χ4n) is 1.36. The second-order valence-electron chi connectivity index (χ2n) is 3.41. The molecule has 1 aromatic carbocycles. The Hall–Kier alpha value is -0.0000000000000000555. The third-order valence-corrected chi connectivity index (χ3v) is 3.53. The number of hydrogen-bond acceptors (Lipinski definition) is 1. The van der Waals surface area contributed by atoms with Gasteiger partial charge in [0, 0.05) is 17.5 Å². The van der Waals surface area contributed by atoms with Crippen LogP contribution in [-0.2, 0) is 11.2 Å². The van der Waals surface area contributed by atoms with Gasteiger partial charge in [0.25, 0.3) is 0 Å². The first kappa shape index (κ1) is 14.1. The third-order valence-electron chi connectivity index (χ3n) is 2.19. The molecule has 0 bridgehead atoms. The van der Waals surface area contributed by atoms with Crippen molar-refractivity contribution in [3.63, 3.8) is 0 Å². The van der Waals surface area contributed by atoms with Gasteiger partial charge in [-0.15, -0.1) is 0 Å². The minimum atomic E-state index is -0.517.